The van der Waals surface area contributed by atoms with Crippen molar-refractivity contribution >= 4 is 11.9 Å². The third-order valence-electron chi connectivity index (χ3n) is 5.09. The Morgan fingerprint density at radius 3 is 2.54 bits per heavy atom. The molecule has 0 saturated heterocycles. The van der Waals surface area contributed by atoms with Crippen LogP contribution in [0.25, 0.3) is 0 Å². The number of fused-ring (bicyclic) bond motifs is 1. The number of carbonyl (C=O) groups excluding carboxylic acids is 2. The molecule has 6 heteroatoms. The quantitative estimate of drug-likeness (QED) is 0.762. The molecule has 1 aromatic carbocycles. The summed E-state index contributed by atoms with van der Waals surface area (Å²) in [4.78, 5) is 25.0. The van der Waals surface area contributed by atoms with E-state index in [1.807, 2.05) is 6.07 Å². The van der Waals surface area contributed by atoms with Gasteiger partial charge in [-0.05, 0) is 35.1 Å². The minimum Gasteiger partial charge on any atom is -0.493 e. The Labute approximate surface area is 164 Å². The van der Waals surface area contributed by atoms with Gasteiger partial charge in [-0.2, -0.15) is 0 Å². The summed E-state index contributed by atoms with van der Waals surface area (Å²) >= 11 is 0. The summed E-state index contributed by atoms with van der Waals surface area (Å²) < 4.78 is 15.8. The van der Waals surface area contributed by atoms with Crippen LogP contribution >= 0.6 is 0 Å². The first-order chi connectivity index (χ1) is 13.4. The first-order valence-corrected chi connectivity index (χ1v) is 9.14. The zero-order valence-corrected chi connectivity index (χ0v) is 16.6. The largest absolute Gasteiger partial charge is 0.493 e. The Balaban J connectivity index is 2.04. The molecule has 6 nitrogen and oxygen atoms in total. The third kappa shape index (κ3) is 3.81. The lowest BCUT2D eigenvalue weighted by Gasteiger charge is -2.30. The van der Waals surface area contributed by atoms with Gasteiger partial charge in [0.05, 0.1) is 32.9 Å². The van der Waals surface area contributed by atoms with Crippen molar-refractivity contribution in [2.45, 2.75) is 32.7 Å². The van der Waals surface area contributed by atoms with Gasteiger partial charge in [-0.3, -0.25) is 9.59 Å². The lowest BCUT2D eigenvalue weighted by molar-refractivity contribution is -0.140. The van der Waals surface area contributed by atoms with Crippen LogP contribution in [0.5, 0.6) is 0 Å². The molecule has 1 aromatic rings. The van der Waals surface area contributed by atoms with Crippen LogP contribution in [-0.2, 0) is 19.0 Å². The second-order valence-electron chi connectivity index (χ2n) is 7.49. The molecular formula is C22H25NO5. The fraction of sp³-hybridized carbons (Fsp3) is 0.364. The Bertz CT molecular complexity index is 864. The molecule has 1 unspecified atom stereocenters. The Morgan fingerprint density at radius 1 is 1.18 bits per heavy atom. The van der Waals surface area contributed by atoms with Gasteiger partial charge in [-0.1, -0.05) is 32.0 Å². The molecule has 0 saturated carbocycles. The average Bonchev–Trinajstić information content (AvgIpc) is 2.97. The van der Waals surface area contributed by atoms with Crippen LogP contribution in [0.15, 0.2) is 65.3 Å². The molecule has 1 amide bonds. The van der Waals surface area contributed by atoms with E-state index >= 15 is 0 Å². The smallest absolute Gasteiger partial charge is 0.307 e. The predicted molar refractivity (Wildman–Crippen MR) is 104 cm³/mol. The highest BCUT2D eigenvalue weighted by atomic mass is 16.5. The van der Waals surface area contributed by atoms with Gasteiger partial charge < -0.3 is 19.5 Å². The van der Waals surface area contributed by atoms with Crippen molar-refractivity contribution in [2.24, 2.45) is 5.41 Å². The number of hydrogen-bond acceptors (Lipinski definition) is 5. The van der Waals surface area contributed by atoms with E-state index in [0.29, 0.717) is 11.3 Å². The zero-order valence-electron chi connectivity index (χ0n) is 16.6. The van der Waals surface area contributed by atoms with E-state index in [-0.39, 0.29) is 17.7 Å². The first-order valence-electron chi connectivity index (χ1n) is 9.14. The summed E-state index contributed by atoms with van der Waals surface area (Å²) in [5, 5.41) is 3.03. The minimum atomic E-state index is -0.535. The van der Waals surface area contributed by atoms with Crippen molar-refractivity contribution < 1.29 is 23.8 Å². The number of carbonyl (C=O) groups is 2. The lowest BCUT2D eigenvalue weighted by atomic mass is 9.80. The second-order valence-corrected chi connectivity index (χ2v) is 7.49. The van der Waals surface area contributed by atoms with Gasteiger partial charge in [-0.15, -0.1) is 0 Å². The molecule has 0 bridgehead atoms. The lowest BCUT2D eigenvalue weighted by Crippen LogP contribution is -2.41. The van der Waals surface area contributed by atoms with Crippen LogP contribution in [0.4, 0.5) is 0 Å². The van der Waals surface area contributed by atoms with Crippen LogP contribution in [0.3, 0.4) is 0 Å². The topological polar surface area (TPSA) is 73.9 Å². The van der Waals surface area contributed by atoms with Crippen molar-refractivity contribution in [2.75, 3.05) is 14.2 Å². The normalized spacial score (nSPS) is 18.3. The van der Waals surface area contributed by atoms with Gasteiger partial charge in [0.1, 0.15) is 6.26 Å². The molecule has 1 aliphatic heterocycles. The highest BCUT2D eigenvalue weighted by molar-refractivity contribution is 5.95. The summed E-state index contributed by atoms with van der Waals surface area (Å²) in [5.74, 6) is -0.0533. The zero-order chi connectivity index (χ0) is 20.3. The predicted octanol–water partition coefficient (Wildman–Crippen LogP) is 3.48. The van der Waals surface area contributed by atoms with Gasteiger partial charge in [0, 0.05) is 11.1 Å². The highest BCUT2D eigenvalue weighted by Gasteiger charge is 2.43. The van der Waals surface area contributed by atoms with Crippen molar-refractivity contribution in [1.29, 1.82) is 0 Å². The molecule has 2 aliphatic rings. The highest BCUT2D eigenvalue weighted by Crippen LogP contribution is 2.51. The van der Waals surface area contributed by atoms with E-state index in [9.17, 15) is 9.59 Å². The van der Waals surface area contributed by atoms with Gasteiger partial charge in [-0.25, -0.2) is 0 Å². The molecule has 1 aliphatic carbocycles. The standard InChI is InChI=1S/C22H25NO5/c1-22(2)11-15-12-28-13-17(26-3)19(15)20(22)16(10-18(24)27-4)23-21(25)14-8-6-5-7-9-14/h5-9,12-13,16H,10-11H2,1-4H3,(H,23,25). The van der Waals surface area contributed by atoms with Crippen molar-refractivity contribution in [3.8, 4) is 0 Å². The number of methoxy groups -OCH3 is 2. The number of esters is 1. The van der Waals surface area contributed by atoms with E-state index in [4.69, 9.17) is 14.2 Å². The molecule has 0 radical (unpaired) electrons. The number of rotatable bonds is 6. The summed E-state index contributed by atoms with van der Waals surface area (Å²) in [6.45, 7) is 4.17. The summed E-state index contributed by atoms with van der Waals surface area (Å²) in [5.41, 5.74) is 3.05. The number of nitrogens with one attached hydrogen (secondary N) is 1. The molecule has 1 N–H and O–H groups in total. The Morgan fingerprint density at radius 2 is 1.89 bits per heavy atom. The summed E-state index contributed by atoms with van der Waals surface area (Å²) in [6, 6.07) is 8.40. The molecule has 0 aromatic heterocycles. The fourth-order valence-electron chi connectivity index (χ4n) is 3.90. The van der Waals surface area contributed by atoms with Crippen molar-refractivity contribution in [3.63, 3.8) is 0 Å². The molecular weight excluding hydrogens is 358 g/mol. The van der Waals surface area contributed by atoms with Crippen LogP contribution in [-0.4, -0.2) is 32.1 Å². The maximum Gasteiger partial charge on any atom is 0.307 e. The average molecular weight is 383 g/mol. The van der Waals surface area contributed by atoms with Crippen molar-refractivity contribution in [3.05, 3.63) is 70.9 Å². The maximum absolute atomic E-state index is 12.8. The maximum atomic E-state index is 12.8. The van der Waals surface area contributed by atoms with Gasteiger partial charge >= 0.3 is 5.97 Å². The molecule has 1 heterocycles. The molecule has 28 heavy (non-hydrogen) atoms. The summed E-state index contributed by atoms with van der Waals surface area (Å²) in [6.07, 6.45) is 3.98. The Hall–Kier alpha value is -3.02. The van der Waals surface area contributed by atoms with Gasteiger partial charge in [0.25, 0.3) is 5.91 Å². The Kier molecular flexibility index (Phi) is 5.58. The molecule has 3 rings (SSSR count). The second kappa shape index (κ2) is 7.92. The molecule has 148 valence electrons. The van der Waals surface area contributed by atoms with E-state index in [1.165, 1.54) is 13.4 Å². The number of hydrogen-bond donors (Lipinski definition) is 1. The molecule has 1 atom stereocenters. The van der Waals surface area contributed by atoms with Gasteiger partial charge in [0.2, 0.25) is 0 Å². The SMILES string of the molecule is COC(=O)CC(NC(=O)c1ccccc1)C1=C2C(=COC=C2OC)CC1(C)C. The minimum absolute atomic E-state index is 0.0302. The van der Waals surface area contributed by atoms with Crippen molar-refractivity contribution in [1.82, 2.24) is 5.32 Å². The van der Waals surface area contributed by atoms with E-state index in [2.05, 4.69) is 19.2 Å². The molecule has 0 spiro atoms. The monoisotopic (exact) mass is 383 g/mol. The van der Waals surface area contributed by atoms with E-state index in [0.717, 1.165) is 23.1 Å². The van der Waals surface area contributed by atoms with E-state index < -0.39 is 12.0 Å². The number of allylic oxidation sites excluding steroid dienone is 1. The summed E-state index contributed by atoms with van der Waals surface area (Å²) in [7, 11) is 2.92. The van der Waals surface area contributed by atoms with Crippen LogP contribution < -0.4 is 5.32 Å². The van der Waals surface area contributed by atoms with Crippen LogP contribution in [0.2, 0.25) is 0 Å². The van der Waals surface area contributed by atoms with E-state index in [1.54, 1.807) is 37.6 Å². The van der Waals surface area contributed by atoms with Gasteiger partial charge in [0.15, 0.2) is 5.76 Å². The number of ether oxygens (including phenoxy) is 3. The number of amides is 1. The van der Waals surface area contributed by atoms with Crippen LogP contribution in [0.1, 0.15) is 37.0 Å². The number of benzene rings is 1. The third-order valence-corrected chi connectivity index (χ3v) is 5.09. The van der Waals surface area contributed by atoms with Crippen LogP contribution in [0, 0.1) is 5.41 Å². The fourth-order valence-corrected chi connectivity index (χ4v) is 3.90. The first kappa shape index (κ1) is 19.7. The molecule has 0 fully saturated rings.